The van der Waals surface area contributed by atoms with E-state index < -0.39 is 42.8 Å². The fourth-order valence-corrected chi connectivity index (χ4v) is 13.3. The predicted octanol–water partition coefficient (Wildman–Crippen LogP) is 3.50. The molecule has 0 aliphatic carbocycles. The molecule has 0 bridgehead atoms. The molecule has 0 amide bonds. The number of halogens is 9. The lowest BCUT2D eigenvalue weighted by molar-refractivity contribution is 0.573. The van der Waals surface area contributed by atoms with Gasteiger partial charge in [-0.25, -0.2) is 25.3 Å². The van der Waals surface area contributed by atoms with Gasteiger partial charge < -0.3 is 0 Å². The summed E-state index contributed by atoms with van der Waals surface area (Å²) < 4.78 is 58.2. The summed E-state index contributed by atoms with van der Waals surface area (Å²) in [6.07, 6.45) is 0. The van der Waals surface area contributed by atoms with Crippen molar-refractivity contribution in [1.82, 2.24) is 0 Å². The van der Waals surface area contributed by atoms with Crippen LogP contribution >= 0.6 is 104 Å². The van der Waals surface area contributed by atoms with E-state index in [0.29, 0.717) is 0 Å². The Morgan fingerprint density at radius 2 is 0.591 bits per heavy atom. The summed E-state index contributed by atoms with van der Waals surface area (Å²) in [7, 11) is -17.1. The van der Waals surface area contributed by atoms with Crippen LogP contribution in [0.5, 0.6) is 0 Å². The number of hydrogen-bond acceptors (Lipinski definition) is 6. The second-order valence-corrected chi connectivity index (χ2v) is 19.5. The van der Waals surface area contributed by atoms with Gasteiger partial charge in [0.05, 0.1) is 0 Å². The van der Waals surface area contributed by atoms with Crippen molar-refractivity contribution in [2.75, 3.05) is 0 Å². The summed E-state index contributed by atoms with van der Waals surface area (Å²) in [5, 5.41) is 0. The number of sulfone groups is 3. The molecule has 134 valence electrons. The molecule has 0 N–H and O–H groups in total. The van der Waals surface area contributed by atoms with Crippen LogP contribution in [0.15, 0.2) is 0 Å². The van der Waals surface area contributed by atoms with E-state index in [9.17, 15) is 25.3 Å². The molecule has 0 aromatic heterocycles. The van der Waals surface area contributed by atoms with Crippen LogP contribution in [0.3, 0.4) is 0 Å². The first-order chi connectivity index (χ1) is 9.12. The maximum absolute atomic E-state index is 12.0. The SMILES string of the molecule is O=S(=O)(C(S(=O)(=O)C(Cl)(Cl)Cl)S(=O)(=O)C(Cl)(Cl)Cl)C(Cl)(Cl)Cl. The Balaban J connectivity index is 7.00. The number of hydrogen-bond donors (Lipinski definition) is 0. The van der Waals surface area contributed by atoms with Crippen molar-refractivity contribution in [1.29, 1.82) is 0 Å². The van der Waals surface area contributed by atoms with Crippen LogP contribution in [0, 0.1) is 0 Å². The van der Waals surface area contributed by atoms with Gasteiger partial charge in [-0.3, -0.25) is 0 Å². The molecule has 18 heteroatoms. The molecule has 0 radical (unpaired) electrons. The molecule has 0 aromatic rings. The summed E-state index contributed by atoms with van der Waals surface area (Å²) in [5.41, 5.74) is 0. The molecule has 0 aromatic carbocycles. The van der Waals surface area contributed by atoms with Gasteiger partial charge in [-0.15, -0.1) is 0 Å². The van der Waals surface area contributed by atoms with Crippen LogP contribution in [0.2, 0.25) is 0 Å². The highest BCUT2D eigenvalue weighted by Crippen LogP contribution is 2.49. The zero-order valence-corrected chi connectivity index (χ0v) is 18.4. The third-order valence-corrected chi connectivity index (χ3v) is 15.6. The van der Waals surface area contributed by atoms with E-state index in [4.69, 9.17) is 104 Å². The van der Waals surface area contributed by atoms with Crippen molar-refractivity contribution < 1.29 is 25.3 Å². The molecule has 0 fully saturated rings. The van der Waals surface area contributed by atoms with Crippen molar-refractivity contribution in [3.63, 3.8) is 0 Å². The van der Waals surface area contributed by atoms with Crippen LogP contribution < -0.4 is 0 Å². The van der Waals surface area contributed by atoms with E-state index in [1.54, 1.807) is 0 Å². The smallest absolute Gasteiger partial charge is 0.222 e. The fourth-order valence-electron chi connectivity index (χ4n) is 0.828. The van der Waals surface area contributed by atoms with Gasteiger partial charge in [0.25, 0.3) is 13.3 Å². The van der Waals surface area contributed by atoms with Crippen LogP contribution in [0.4, 0.5) is 0 Å². The van der Waals surface area contributed by atoms with E-state index in [-0.39, 0.29) is 0 Å². The molecule has 0 aliphatic rings. The van der Waals surface area contributed by atoms with E-state index in [2.05, 4.69) is 0 Å². The highest BCUT2D eigenvalue weighted by molar-refractivity contribution is 8.28. The van der Waals surface area contributed by atoms with Crippen LogP contribution in [0.1, 0.15) is 0 Å². The molecule has 0 heterocycles. The highest BCUT2D eigenvalue weighted by atomic mass is 35.6. The molecule has 0 spiro atoms. The molecule has 0 saturated heterocycles. The molecule has 0 rings (SSSR count). The van der Waals surface area contributed by atoms with Crippen LogP contribution in [-0.4, -0.2) is 38.5 Å². The van der Waals surface area contributed by atoms with Crippen molar-refractivity contribution in [3.8, 4) is 0 Å². The third-order valence-electron chi connectivity index (χ3n) is 1.73. The molecular weight excluding hydrogens is 559 g/mol. The zero-order chi connectivity index (χ0) is 18.6. The van der Waals surface area contributed by atoms with Gasteiger partial charge in [0.1, 0.15) is 0 Å². The minimum Gasteiger partial charge on any atom is -0.222 e. The van der Waals surface area contributed by atoms with Gasteiger partial charge in [-0.1, -0.05) is 104 Å². The lowest BCUT2D eigenvalue weighted by Gasteiger charge is -2.27. The van der Waals surface area contributed by atoms with E-state index in [0.717, 1.165) is 0 Å². The Labute approximate surface area is 170 Å². The predicted molar refractivity (Wildman–Crippen MR) is 91.4 cm³/mol. The minimum atomic E-state index is -5.71. The Kier molecular flexibility index (Phi) is 7.65. The van der Waals surface area contributed by atoms with Gasteiger partial charge in [0.15, 0.2) is 0 Å². The maximum Gasteiger partial charge on any atom is 0.294 e. The first-order valence-electron chi connectivity index (χ1n) is 4.02. The van der Waals surface area contributed by atoms with E-state index in [1.165, 1.54) is 0 Å². The largest absolute Gasteiger partial charge is 0.294 e. The summed E-state index contributed by atoms with van der Waals surface area (Å²) in [6.45, 7) is 0. The quantitative estimate of drug-likeness (QED) is 0.490. The van der Waals surface area contributed by atoms with Gasteiger partial charge in [-0.05, 0) is 0 Å². The number of rotatable bonds is 3. The van der Waals surface area contributed by atoms with E-state index >= 15 is 0 Å². The third kappa shape index (κ3) is 4.59. The second kappa shape index (κ2) is 6.88. The zero-order valence-electron chi connectivity index (χ0n) is 9.15. The van der Waals surface area contributed by atoms with Crippen molar-refractivity contribution in [3.05, 3.63) is 0 Å². The molecule has 6 nitrogen and oxygen atoms in total. The Hall–Kier alpha value is 2.46. The van der Waals surface area contributed by atoms with E-state index in [1.807, 2.05) is 0 Å². The van der Waals surface area contributed by atoms with Gasteiger partial charge >= 0.3 is 0 Å². The molecular formula is C4HCl9O6S3. The Morgan fingerprint density at radius 3 is 0.682 bits per heavy atom. The summed E-state index contributed by atoms with van der Waals surface area (Å²) in [6, 6.07) is 0. The fraction of sp³-hybridized carbons (Fsp3) is 1.00. The summed E-state index contributed by atoms with van der Waals surface area (Å²) in [4.78, 5) is 0. The Morgan fingerprint density at radius 1 is 0.455 bits per heavy atom. The van der Waals surface area contributed by atoms with Crippen LogP contribution in [-0.2, 0) is 29.5 Å². The average Bonchev–Trinajstić information content (AvgIpc) is 2.09. The van der Waals surface area contributed by atoms with Crippen molar-refractivity contribution in [2.45, 2.75) is 13.3 Å². The first kappa shape index (κ1) is 24.5. The average molecular weight is 560 g/mol. The highest BCUT2D eigenvalue weighted by Gasteiger charge is 2.66. The molecule has 22 heavy (non-hydrogen) atoms. The van der Waals surface area contributed by atoms with Crippen LogP contribution in [0.25, 0.3) is 0 Å². The molecule has 0 saturated carbocycles. The number of alkyl halides is 9. The lowest BCUT2D eigenvalue weighted by atomic mass is 11.8. The normalized spacial score (nSPS) is 16.1. The minimum absolute atomic E-state index is 3.45. The summed E-state index contributed by atoms with van der Waals surface area (Å²) in [5.74, 6) is 0. The second-order valence-electron chi connectivity index (χ2n) is 3.26. The maximum atomic E-state index is 12.0. The summed E-state index contributed by atoms with van der Waals surface area (Å²) >= 11 is 45.8. The van der Waals surface area contributed by atoms with Crippen molar-refractivity contribution >= 4 is 134 Å². The van der Waals surface area contributed by atoms with Gasteiger partial charge in [-0.2, -0.15) is 0 Å². The molecule has 0 aliphatic heterocycles. The topological polar surface area (TPSA) is 102 Å². The molecule has 0 unspecified atom stereocenters. The van der Waals surface area contributed by atoms with Gasteiger partial charge in [0, 0.05) is 0 Å². The van der Waals surface area contributed by atoms with Crippen molar-refractivity contribution in [2.24, 2.45) is 0 Å². The monoisotopic (exact) mass is 556 g/mol. The standard InChI is InChI=1S/C4HCl9O6S3/c5-2(6,7)20(14,15)1(21(16,17)3(8,9)10)22(18,19)4(11,12)13/h1H. The lowest BCUT2D eigenvalue weighted by Crippen LogP contribution is -2.50. The first-order valence-corrected chi connectivity index (χ1v) is 12.1. The Bertz CT molecular complexity index is 628. The van der Waals surface area contributed by atoms with Gasteiger partial charge in [0.2, 0.25) is 29.5 Å². The molecule has 0 atom stereocenters.